The molecule has 1 aliphatic rings. The fraction of sp³-hybridized carbons (Fsp3) is 0.889. The molecule has 1 saturated carbocycles. The van der Waals surface area contributed by atoms with E-state index in [0.29, 0.717) is 6.04 Å². The lowest BCUT2D eigenvalue weighted by molar-refractivity contribution is -0.145. The van der Waals surface area contributed by atoms with E-state index < -0.39 is 5.97 Å². The van der Waals surface area contributed by atoms with Crippen LogP contribution in [0.15, 0.2) is 0 Å². The first-order valence-corrected chi connectivity index (χ1v) is 4.73. The summed E-state index contributed by atoms with van der Waals surface area (Å²) in [5.74, 6) is -0.879. The summed E-state index contributed by atoms with van der Waals surface area (Å²) in [5.41, 5.74) is 0. The lowest BCUT2D eigenvalue weighted by Crippen LogP contribution is -2.33. The van der Waals surface area contributed by atoms with E-state index in [0.717, 1.165) is 25.7 Å². The van der Waals surface area contributed by atoms with Crippen molar-refractivity contribution in [3.63, 3.8) is 0 Å². The van der Waals surface area contributed by atoms with Crippen LogP contribution in [0.5, 0.6) is 0 Å². The maximum absolute atomic E-state index is 10.2. The first-order chi connectivity index (χ1) is 6.22. The minimum atomic E-state index is -0.879. The topological polar surface area (TPSA) is 58.6 Å². The van der Waals surface area contributed by atoms with Crippen LogP contribution in [0, 0.1) is 0 Å². The van der Waals surface area contributed by atoms with Gasteiger partial charge in [-0.15, -0.1) is 0 Å². The van der Waals surface area contributed by atoms with Gasteiger partial charge in [-0.3, -0.25) is 0 Å². The van der Waals surface area contributed by atoms with E-state index in [9.17, 15) is 4.79 Å². The Morgan fingerprint density at radius 1 is 1.46 bits per heavy atom. The zero-order chi connectivity index (χ0) is 9.68. The van der Waals surface area contributed by atoms with Gasteiger partial charge in [-0.05, 0) is 32.7 Å². The maximum atomic E-state index is 10.2. The quantitative estimate of drug-likeness (QED) is 0.677. The zero-order valence-corrected chi connectivity index (χ0v) is 7.95. The zero-order valence-electron chi connectivity index (χ0n) is 7.95. The van der Waals surface area contributed by atoms with Crippen molar-refractivity contribution in [1.82, 2.24) is 5.32 Å². The van der Waals surface area contributed by atoms with Gasteiger partial charge in [0.15, 0.2) is 0 Å². The van der Waals surface area contributed by atoms with Crippen molar-refractivity contribution in [1.29, 1.82) is 0 Å². The molecule has 0 atom stereocenters. The Hall–Kier alpha value is -0.610. The van der Waals surface area contributed by atoms with Crippen LogP contribution in [0.25, 0.3) is 0 Å². The van der Waals surface area contributed by atoms with Gasteiger partial charge in [0.25, 0.3) is 0 Å². The molecule has 0 heterocycles. The third kappa shape index (κ3) is 3.74. The van der Waals surface area contributed by atoms with Crippen LogP contribution < -0.4 is 5.32 Å². The molecule has 13 heavy (non-hydrogen) atoms. The third-order valence-electron chi connectivity index (χ3n) is 2.52. The van der Waals surface area contributed by atoms with Gasteiger partial charge in [-0.2, -0.15) is 0 Å². The Balaban J connectivity index is 2.14. The summed E-state index contributed by atoms with van der Waals surface area (Å²) < 4.78 is 5.21. The maximum Gasteiger partial charge on any atom is 0.329 e. The number of hydrogen-bond acceptors (Lipinski definition) is 3. The highest BCUT2D eigenvalue weighted by Gasteiger charge is 2.20. The predicted molar refractivity (Wildman–Crippen MR) is 48.7 cm³/mol. The summed E-state index contributed by atoms with van der Waals surface area (Å²) in [6.45, 7) is -0.158. The average Bonchev–Trinajstić information content (AvgIpc) is 2.15. The molecule has 0 amide bonds. The second-order valence-electron chi connectivity index (χ2n) is 3.47. The molecule has 0 saturated heterocycles. The fourth-order valence-corrected chi connectivity index (χ4v) is 1.71. The highest BCUT2D eigenvalue weighted by molar-refractivity contribution is 5.68. The lowest BCUT2D eigenvalue weighted by Gasteiger charge is -2.27. The second-order valence-corrected chi connectivity index (χ2v) is 3.47. The van der Waals surface area contributed by atoms with Crippen molar-refractivity contribution in [2.24, 2.45) is 0 Å². The molecule has 0 aromatic carbocycles. The minimum absolute atomic E-state index is 0.153. The number of carboxylic acid groups (broad SMARTS) is 1. The molecule has 4 nitrogen and oxygen atoms in total. The van der Waals surface area contributed by atoms with Crippen LogP contribution in [0.2, 0.25) is 0 Å². The van der Waals surface area contributed by atoms with Crippen LogP contribution in [0.1, 0.15) is 25.7 Å². The molecule has 1 fully saturated rings. The highest BCUT2D eigenvalue weighted by Crippen LogP contribution is 2.20. The Labute approximate surface area is 78.3 Å². The largest absolute Gasteiger partial charge is 0.480 e. The molecule has 0 aromatic heterocycles. The Morgan fingerprint density at radius 2 is 2.08 bits per heavy atom. The summed E-state index contributed by atoms with van der Waals surface area (Å²) in [7, 11) is 1.96. The smallest absolute Gasteiger partial charge is 0.329 e. The van der Waals surface area contributed by atoms with Crippen molar-refractivity contribution in [2.75, 3.05) is 13.7 Å². The molecule has 76 valence electrons. The Bertz CT molecular complexity index is 164. The van der Waals surface area contributed by atoms with Crippen LogP contribution >= 0.6 is 0 Å². The van der Waals surface area contributed by atoms with Crippen molar-refractivity contribution >= 4 is 5.97 Å². The molecule has 2 N–H and O–H groups in total. The monoisotopic (exact) mass is 187 g/mol. The van der Waals surface area contributed by atoms with Crippen LogP contribution in [-0.4, -0.2) is 36.9 Å². The standard InChI is InChI=1S/C9H17NO3/c1-10-7-2-4-8(5-3-7)13-6-9(11)12/h7-8,10H,2-6H2,1H3,(H,11,12). The molecule has 1 rings (SSSR count). The number of nitrogens with one attached hydrogen (secondary N) is 1. The van der Waals surface area contributed by atoms with E-state index in [-0.39, 0.29) is 12.7 Å². The first kappa shape index (κ1) is 10.5. The average molecular weight is 187 g/mol. The number of carboxylic acids is 1. The third-order valence-corrected chi connectivity index (χ3v) is 2.52. The van der Waals surface area contributed by atoms with Gasteiger partial charge < -0.3 is 15.2 Å². The van der Waals surface area contributed by atoms with Gasteiger partial charge in [-0.25, -0.2) is 4.79 Å². The van der Waals surface area contributed by atoms with Gasteiger partial charge in [0.05, 0.1) is 6.10 Å². The van der Waals surface area contributed by atoms with Crippen molar-refractivity contribution in [3.8, 4) is 0 Å². The summed E-state index contributed by atoms with van der Waals surface area (Å²) in [5, 5.41) is 11.6. The normalized spacial score (nSPS) is 28.7. The Kier molecular flexibility index (Phi) is 4.18. The predicted octanol–water partition coefficient (Wildman–Crippen LogP) is 0.618. The van der Waals surface area contributed by atoms with Crippen molar-refractivity contribution < 1.29 is 14.6 Å². The summed E-state index contributed by atoms with van der Waals surface area (Å²) in [6, 6.07) is 0.588. The fourth-order valence-electron chi connectivity index (χ4n) is 1.71. The van der Waals surface area contributed by atoms with E-state index in [1.807, 2.05) is 7.05 Å². The summed E-state index contributed by atoms with van der Waals surface area (Å²) in [6.07, 6.45) is 4.26. The molecule has 0 bridgehead atoms. The van der Waals surface area contributed by atoms with Crippen LogP contribution in [-0.2, 0) is 9.53 Å². The number of ether oxygens (including phenoxy) is 1. The van der Waals surface area contributed by atoms with Crippen LogP contribution in [0.4, 0.5) is 0 Å². The van der Waals surface area contributed by atoms with E-state index in [4.69, 9.17) is 9.84 Å². The molecule has 1 aliphatic carbocycles. The summed E-state index contributed by atoms with van der Waals surface area (Å²) in [4.78, 5) is 10.2. The molecular formula is C9H17NO3. The molecule has 0 aromatic rings. The Morgan fingerprint density at radius 3 is 2.54 bits per heavy atom. The van der Waals surface area contributed by atoms with Gasteiger partial charge in [0, 0.05) is 6.04 Å². The highest BCUT2D eigenvalue weighted by atomic mass is 16.5. The van der Waals surface area contributed by atoms with Crippen molar-refractivity contribution in [2.45, 2.75) is 37.8 Å². The molecular weight excluding hydrogens is 170 g/mol. The SMILES string of the molecule is CNC1CCC(OCC(=O)O)CC1. The number of carbonyl (C=O) groups is 1. The van der Waals surface area contributed by atoms with Gasteiger partial charge >= 0.3 is 5.97 Å². The molecule has 0 unspecified atom stereocenters. The number of rotatable bonds is 4. The van der Waals surface area contributed by atoms with Crippen molar-refractivity contribution in [3.05, 3.63) is 0 Å². The van der Waals surface area contributed by atoms with E-state index in [1.165, 1.54) is 0 Å². The van der Waals surface area contributed by atoms with Gasteiger partial charge in [0.2, 0.25) is 0 Å². The van der Waals surface area contributed by atoms with E-state index in [2.05, 4.69) is 5.32 Å². The molecule has 0 radical (unpaired) electrons. The molecule has 0 aliphatic heterocycles. The van der Waals surface area contributed by atoms with E-state index in [1.54, 1.807) is 0 Å². The summed E-state index contributed by atoms with van der Waals surface area (Å²) >= 11 is 0. The van der Waals surface area contributed by atoms with Gasteiger partial charge in [-0.1, -0.05) is 0 Å². The lowest BCUT2D eigenvalue weighted by atomic mass is 9.93. The second kappa shape index (κ2) is 5.19. The van der Waals surface area contributed by atoms with Gasteiger partial charge in [0.1, 0.15) is 6.61 Å². The van der Waals surface area contributed by atoms with Crippen LogP contribution in [0.3, 0.4) is 0 Å². The number of hydrogen-bond donors (Lipinski definition) is 2. The first-order valence-electron chi connectivity index (χ1n) is 4.73. The minimum Gasteiger partial charge on any atom is -0.480 e. The van der Waals surface area contributed by atoms with E-state index >= 15 is 0 Å². The molecule has 4 heteroatoms. The number of aliphatic carboxylic acids is 1. The molecule has 0 spiro atoms.